The predicted molar refractivity (Wildman–Crippen MR) is 119 cm³/mol. The molecule has 2 heterocycles. The SMILES string of the molecule is CNc1cc(-c2ccc(C#N)c(F)c2)n(-c2ccc(N3CCN(CCO)CC3)cc2)n1. The zero-order valence-electron chi connectivity index (χ0n) is 17.4. The molecule has 1 aliphatic heterocycles. The van der Waals surface area contributed by atoms with Crippen LogP contribution in [0.5, 0.6) is 0 Å². The highest BCUT2D eigenvalue weighted by Crippen LogP contribution is 2.28. The minimum Gasteiger partial charge on any atom is -0.395 e. The summed E-state index contributed by atoms with van der Waals surface area (Å²) in [5, 5.41) is 25.7. The number of halogens is 1. The molecule has 2 aromatic carbocycles. The number of hydrogen-bond donors (Lipinski definition) is 2. The topological polar surface area (TPSA) is 80.4 Å². The maximum atomic E-state index is 14.2. The molecule has 0 atom stereocenters. The molecule has 1 saturated heterocycles. The number of aliphatic hydroxyl groups is 1. The number of nitrogens with one attached hydrogen (secondary N) is 1. The Kier molecular flexibility index (Phi) is 6.16. The molecule has 160 valence electrons. The minimum absolute atomic E-state index is 0.0205. The van der Waals surface area contributed by atoms with Crippen molar-refractivity contribution in [2.75, 3.05) is 56.6 Å². The highest BCUT2D eigenvalue weighted by Gasteiger charge is 2.18. The van der Waals surface area contributed by atoms with Crippen LogP contribution in [-0.4, -0.2) is 66.2 Å². The first kappa shape index (κ1) is 20.8. The van der Waals surface area contributed by atoms with E-state index in [9.17, 15) is 4.39 Å². The van der Waals surface area contributed by atoms with Crippen LogP contribution in [0.4, 0.5) is 15.9 Å². The summed E-state index contributed by atoms with van der Waals surface area (Å²) in [4.78, 5) is 4.59. The van der Waals surface area contributed by atoms with Crippen molar-refractivity contribution in [3.05, 3.63) is 59.9 Å². The lowest BCUT2D eigenvalue weighted by Crippen LogP contribution is -2.47. The van der Waals surface area contributed by atoms with E-state index in [1.54, 1.807) is 17.8 Å². The van der Waals surface area contributed by atoms with Crippen LogP contribution >= 0.6 is 0 Å². The molecule has 2 N–H and O–H groups in total. The number of β-amino-alcohol motifs (C(OH)–C–C–N with tert-alkyl or cyclic N) is 1. The second-order valence-corrected chi connectivity index (χ2v) is 7.45. The van der Waals surface area contributed by atoms with Gasteiger partial charge in [0.25, 0.3) is 0 Å². The van der Waals surface area contributed by atoms with Gasteiger partial charge in [0.1, 0.15) is 17.7 Å². The summed E-state index contributed by atoms with van der Waals surface area (Å²) in [6, 6.07) is 16.4. The monoisotopic (exact) mass is 420 g/mol. The average molecular weight is 420 g/mol. The van der Waals surface area contributed by atoms with Crippen molar-refractivity contribution in [3.8, 4) is 23.0 Å². The van der Waals surface area contributed by atoms with Gasteiger partial charge < -0.3 is 15.3 Å². The number of hydrogen-bond acceptors (Lipinski definition) is 6. The van der Waals surface area contributed by atoms with Gasteiger partial charge in [-0.1, -0.05) is 6.07 Å². The summed E-state index contributed by atoms with van der Waals surface area (Å²) >= 11 is 0. The van der Waals surface area contributed by atoms with E-state index < -0.39 is 5.82 Å². The van der Waals surface area contributed by atoms with Gasteiger partial charge in [0.2, 0.25) is 0 Å². The molecule has 1 aromatic heterocycles. The summed E-state index contributed by atoms with van der Waals surface area (Å²) in [7, 11) is 1.79. The zero-order valence-corrected chi connectivity index (χ0v) is 17.4. The van der Waals surface area contributed by atoms with Crippen LogP contribution in [0.2, 0.25) is 0 Å². The van der Waals surface area contributed by atoms with Crippen molar-refractivity contribution in [1.29, 1.82) is 5.26 Å². The minimum atomic E-state index is -0.547. The molecule has 0 radical (unpaired) electrons. The van der Waals surface area contributed by atoms with Gasteiger partial charge in [-0.2, -0.15) is 5.26 Å². The molecule has 0 amide bonds. The molecule has 8 heteroatoms. The number of benzene rings is 2. The van der Waals surface area contributed by atoms with Crippen LogP contribution in [0.3, 0.4) is 0 Å². The van der Waals surface area contributed by atoms with Gasteiger partial charge in [-0.25, -0.2) is 9.07 Å². The van der Waals surface area contributed by atoms with Crippen molar-refractivity contribution in [3.63, 3.8) is 0 Å². The van der Waals surface area contributed by atoms with Gasteiger partial charge >= 0.3 is 0 Å². The number of aromatic nitrogens is 2. The number of rotatable bonds is 6. The molecule has 0 unspecified atom stereocenters. The van der Waals surface area contributed by atoms with Crippen molar-refractivity contribution in [2.24, 2.45) is 0 Å². The van der Waals surface area contributed by atoms with E-state index >= 15 is 0 Å². The van der Waals surface area contributed by atoms with Crippen molar-refractivity contribution < 1.29 is 9.50 Å². The lowest BCUT2D eigenvalue weighted by atomic mass is 10.1. The fraction of sp³-hybridized carbons (Fsp3) is 0.304. The van der Waals surface area contributed by atoms with Gasteiger partial charge in [0.15, 0.2) is 0 Å². The summed E-state index contributed by atoms with van der Waals surface area (Å²) in [5.74, 6) is 0.123. The second kappa shape index (κ2) is 9.16. The van der Waals surface area contributed by atoms with Crippen LogP contribution in [0.15, 0.2) is 48.5 Å². The quantitative estimate of drug-likeness (QED) is 0.638. The van der Waals surface area contributed by atoms with Crippen molar-refractivity contribution >= 4 is 11.5 Å². The molecule has 0 aliphatic carbocycles. The maximum Gasteiger partial charge on any atom is 0.148 e. The van der Waals surface area contributed by atoms with Crippen LogP contribution in [0, 0.1) is 17.1 Å². The number of nitrogens with zero attached hydrogens (tertiary/aromatic N) is 5. The van der Waals surface area contributed by atoms with E-state index in [4.69, 9.17) is 10.4 Å². The third-order valence-electron chi connectivity index (χ3n) is 5.60. The first-order valence-corrected chi connectivity index (χ1v) is 10.3. The van der Waals surface area contributed by atoms with Crippen molar-refractivity contribution in [2.45, 2.75) is 0 Å². The number of piperazine rings is 1. The number of nitriles is 1. The Balaban J connectivity index is 1.59. The average Bonchev–Trinajstić information content (AvgIpc) is 3.24. The van der Waals surface area contributed by atoms with Gasteiger partial charge in [-0.05, 0) is 36.4 Å². The van der Waals surface area contributed by atoms with Gasteiger partial charge in [-0.15, -0.1) is 5.10 Å². The number of aliphatic hydroxyl groups excluding tert-OH is 1. The highest BCUT2D eigenvalue weighted by atomic mass is 19.1. The Labute approximate surface area is 180 Å². The molecular weight excluding hydrogens is 395 g/mol. The van der Waals surface area contributed by atoms with E-state index in [-0.39, 0.29) is 12.2 Å². The Morgan fingerprint density at radius 2 is 1.77 bits per heavy atom. The lowest BCUT2D eigenvalue weighted by Gasteiger charge is -2.35. The molecule has 0 spiro atoms. The Bertz CT molecular complexity index is 1080. The highest BCUT2D eigenvalue weighted by molar-refractivity contribution is 5.67. The fourth-order valence-electron chi connectivity index (χ4n) is 3.85. The number of anilines is 2. The largest absolute Gasteiger partial charge is 0.395 e. The van der Waals surface area contributed by atoms with E-state index in [1.807, 2.05) is 24.3 Å². The van der Waals surface area contributed by atoms with Gasteiger partial charge in [0.05, 0.1) is 23.6 Å². The summed E-state index contributed by atoms with van der Waals surface area (Å²) in [5.41, 5.74) is 3.41. The third kappa shape index (κ3) is 4.38. The molecule has 7 nitrogen and oxygen atoms in total. The van der Waals surface area contributed by atoms with Crippen molar-refractivity contribution in [1.82, 2.24) is 14.7 Å². The Morgan fingerprint density at radius 1 is 1.06 bits per heavy atom. The van der Waals surface area contributed by atoms with Crippen LogP contribution in [0.25, 0.3) is 16.9 Å². The predicted octanol–water partition coefficient (Wildman–Crippen LogP) is 2.71. The lowest BCUT2D eigenvalue weighted by molar-refractivity contribution is 0.189. The molecule has 1 aliphatic rings. The molecule has 4 rings (SSSR count). The van der Waals surface area contributed by atoms with Crippen LogP contribution in [-0.2, 0) is 0 Å². The van der Waals surface area contributed by atoms with E-state index in [2.05, 4.69) is 32.3 Å². The Morgan fingerprint density at radius 3 is 2.39 bits per heavy atom. The summed E-state index contributed by atoms with van der Waals surface area (Å²) in [6.07, 6.45) is 0. The Hall–Kier alpha value is -3.41. The first-order chi connectivity index (χ1) is 15.1. The maximum absolute atomic E-state index is 14.2. The van der Waals surface area contributed by atoms with E-state index in [1.165, 1.54) is 12.1 Å². The van der Waals surface area contributed by atoms with Crippen LogP contribution < -0.4 is 10.2 Å². The standard InChI is InChI=1S/C23H25FN6O/c1-26-23-15-22(17-2-3-18(16-25)21(24)14-17)30(27-23)20-6-4-19(5-7-20)29-10-8-28(9-11-29)12-13-31/h2-7,14-15,31H,8-13H2,1H3,(H,26,27). The zero-order chi connectivity index (χ0) is 21.8. The fourth-order valence-corrected chi connectivity index (χ4v) is 3.85. The van der Waals surface area contributed by atoms with Gasteiger partial charge in [0, 0.05) is 57.1 Å². The summed E-state index contributed by atoms with van der Waals surface area (Å²) in [6.45, 7) is 4.61. The normalized spacial score (nSPS) is 14.5. The second-order valence-electron chi connectivity index (χ2n) is 7.45. The van der Waals surface area contributed by atoms with Gasteiger partial charge in [-0.3, -0.25) is 4.90 Å². The molecular formula is C23H25FN6O. The van der Waals surface area contributed by atoms with Crippen LogP contribution in [0.1, 0.15) is 5.56 Å². The third-order valence-corrected chi connectivity index (χ3v) is 5.60. The smallest absolute Gasteiger partial charge is 0.148 e. The molecule has 1 fully saturated rings. The van der Waals surface area contributed by atoms with E-state index in [0.717, 1.165) is 49.8 Å². The molecule has 0 bridgehead atoms. The summed E-state index contributed by atoms with van der Waals surface area (Å²) < 4.78 is 16.0. The van der Waals surface area contributed by atoms with E-state index in [0.29, 0.717) is 11.4 Å². The molecule has 3 aromatic rings. The molecule has 31 heavy (non-hydrogen) atoms. The first-order valence-electron chi connectivity index (χ1n) is 10.3. The molecule has 0 saturated carbocycles.